The van der Waals surface area contributed by atoms with Gasteiger partial charge in [-0.15, -0.1) is 11.3 Å². The second kappa shape index (κ2) is 9.37. The topological polar surface area (TPSA) is 98.1 Å². The molecule has 3 rings (SSSR count). The predicted molar refractivity (Wildman–Crippen MR) is 95.1 cm³/mol. The maximum atomic E-state index is 6.36. The third kappa shape index (κ3) is 4.63. The van der Waals surface area contributed by atoms with Crippen LogP contribution in [0.4, 0.5) is 5.82 Å². The molecule has 8 heteroatoms. The third-order valence-electron chi connectivity index (χ3n) is 4.42. The summed E-state index contributed by atoms with van der Waals surface area (Å²) in [5, 5.41) is 7.39. The van der Waals surface area contributed by atoms with Gasteiger partial charge >= 0.3 is 51.4 Å². The van der Waals surface area contributed by atoms with E-state index >= 15 is 0 Å². The molecule has 2 aromatic rings. The summed E-state index contributed by atoms with van der Waals surface area (Å²) < 4.78 is 0. The van der Waals surface area contributed by atoms with Crippen molar-refractivity contribution in [1.29, 1.82) is 0 Å². The van der Waals surface area contributed by atoms with Crippen LogP contribution < -0.4 is 62.9 Å². The standard InChI is InChI=1S/C16H23N6S.K/c1-19-16-12(2-5-21-16)15(18)14(17)11-3-7-22(8-4-11)10-13-20-6-9-23-13;/h2,5-6,9,11,21H,3-4,7-8,10,17-18H2,1H3;/q-1;+1/b15-14-;. The van der Waals surface area contributed by atoms with Crippen LogP contribution in [0.25, 0.3) is 11.0 Å². The maximum Gasteiger partial charge on any atom is 1.00 e. The Kier molecular flexibility index (Phi) is 7.80. The number of nitrogens with one attached hydrogen (secondary N) is 1. The summed E-state index contributed by atoms with van der Waals surface area (Å²) in [4.78, 5) is 9.86. The van der Waals surface area contributed by atoms with Gasteiger partial charge in [-0.25, -0.2) is 4.98 Å². The van der Waals surface area contributed by atoms with Crippen molar-refractivity contribution in [2.45, 2.75) is 19.4 Å². The van der Waals surface area contributed by atoms with Gasteiger partial charge in [-0.2, -0.15) is 0 Å². The van der Waals surface area contributed by atoms with Gasteiger partial charge in [0, 0.05) is 23.2 Å². The number of allylic oxidation sites excluding steroid dienone is 1. The minimum atomic E-state index is 0. The van der Waals surface area contributed by atoms with Crippen LogP contribution in [0.2, 0.25) is 0 Å². The summed E-state index contributed by atoms with van der Waals surface area (Å²) in [7, 11) is 1.75. The first-order valence-electron chi connectivity index (χ1n) is 7.82. The quantitative estimate of drug-likeness (QED) is 0.624. The number of thiazole rings is 1. The Morgan fingerprint density at radius 1 is 1.42 bits per heavy atom. The molecule has 0 aliphatic carbocycles. The largest absolute Gasteiger partial charge is 1.00 e. The minimum absolute atomic E-state index is 0. The molecule has 0 atom stereocenters. The SMILES string of the molecule is C[N-]c1[nH]ccc1/C(N)=C(/N)C1CCN(Cc2nccs2)CC1.[K+]. The molecule has 6 nitrogen and oxygen atoms in total. The van der Waals surface area contributed by atoms with Crippen LogP contribution in [0, 0.1) is 5.92 Å². The monoisotopic (exact) mass is 370 g/mol. The molecule has 2 aromatic heterocycles. The van der Waals surface area contributed by atoms with Crippen molar-refractivity contribution in [1.82, 2.24) is 14.9 Å². The summed E-state index contributed by atoms with van der Waals surface area (Å²) in [5.74, 6) is 1.12. The molecule has 0 amide bonds. The zero-order valence-corrected chi connectivity index (χ0v) is 18.3. The van der Waals surface area contributed by atoms with Crippen LogP contribution in [-0.2, 0) is 6.54 Å². The van der Waals surface area contributed by atoms with Gasteiger partial charge in [0.05, 0.1) is 12.2 Å². The van der Waals surface area contributed by atoms with E-state index in [0.717, 1.165) is 49.6 Å². The van der Waals surface area contributed by atoms with E-state index in [0.29, 0.717) is 11.6 Å². The predicted octanol–water partition coefficient (Wildman–Crippen LogP) is -0.392. The molecular formula is C16H23KN6S. The van der Waals surface area contributed by atoms with E-state index in [-0.39, 0.29) is 51.4 Å². The Morgan fingerprint density at radius 3 is 2.79 bits per heavy atom. The minimum Gasteiger partial charge on any atom is -0.469 e. The van der Waals surface area contributed by atoms with Crippen LogP contribution in [0.3, 0.4) is 0 Å². The molecule has 0 radical (unpaired) electrons. The zero-order valence-electron chi connectivity index (χ0n) is 14.3. The third-order valence-corrected chi connectivity index (χ3v) is 5.18. The average Bonchev–Trinajstić information content (AvgIpc) is 3.25. The number of aromatic nitrogens is 2. The Balaban J connectivity index is 0.00000208. The fourth-order valence-electron chi connectivity index (χ4n) is 3.06. The Bertz CT molecular complexity index is 658. The number of piperidine rings is 1. The smallest absolute Gasteiger partial charge is 0.469 e. The van der Waals surface area contributed by atoms with Crippen molar-refractivity contribution >= 4 is 22.9 Å². The van der Waals surface area contributed by atoms with Crippen molar-refractivity contribution in [2.75, 3.05) is 20.1 Å². The van der Waals surface area contributed by atoms with E-state index in [4.69, 9.17) is 11.5 Å². The number of aromatic amines is 1. The molecule has 24 heavy (non-hydrogen) atoms. The molecule has 0 saturated carbocycles. The first-order chi connectivity index (χ1) is 11.2. The number of likely N-dealkylation sites (tertiary alicyclic amines) is 1. The number of hydrogen-bond acceptors (Lipinski definition) is 5. The van der Waals surface area contributed by atoms with Gasteiger partial charge < -0.3 is 21.8 Å². The Labute approximate surface area is 189 Å². The van der Waals surface area contributed by atoms with Gasteiger partial charge in [0.2, 0.25) is 0 Å². The molecule has 124 valence electrons. The molecule has 1 aliphatic heterocycles. The van der Waals surface area contributed by atoms with Crippen LogP contribution in [-0.4, -0.2) is 35.0 Å². The molecule has 1 aliphatic rings. The van der Waals surface area contributed by atoms with E-state index in [9.17, 15) is 0 Å². The molecule has 0 unspecified atom stereocenters. The van der Waals surface area contributed by atoms with Crippen molar-refractivity contribution < 1.29 is 51.4 Å². The Morgan fingerprint density at radius 2 is 2.17 bits per heavy atom. The fourth-order valence-corrected chi connectivity index (χ4v) is 3.72. The molecule has 1 saturated heterocycles. The molecule has 1 fully saturated rings. The summed E-state index contributed by atoms with van der Waals surface area (Å²) in [5.41, 5.74) is 15.0. The summed E-state index contributed by atoms with van der Waals surface area (Å²) in [6.45, 7) is 2.98. The van der Waals surface area contributed by atoms with Crippen LogP contribution in [0.1, 0.15) is 23.4 Å². The van der Waals surface area contributed by atoms with Crippen molar-refractivity contribution in [2.24, 2.45) is 17.4 Å². The van der Waals surface area contributed by atoms with Gasteiger partial charge in [-0.1, -0.05) is 25.1 Å². The van der Waals surface area contributed by atoms with Crippen LogP contribution >= 0.6 is 11.3 Å². The summed E-state index contributed by atoms with van der Waals surface area (Å²) in [6.07, 6.45) is 5.76. The van der Waals surface area contributed by atoms with Gasteiger partial charge in [-0.3, -0.25) is 4.90 Å². The molecule has 0 aromatic carbocycles. The Hall–Kier alpha value is -0.354. The molecular weight excluding hydrogens is 347 g/mol. The van der Waals surface area contributed by atoms with Crippen molar-refractivity contribution in [3.63, 3.8) is 0 Å². The van der Waals surface area contributed by atoms with Gasteiger partial charge in [0.1, 0.15) is 5.01 Å². The number of nitrogens with two attached hydrogens (primary N) is 2. The zero-order chi connectivity index (χ0) is 16.2. The maximum absolute atomic E-state index is 6.36. The second-order valence-corrected chi connectivity index (χ2v) is 6.79. The van der Waals surface area contributed by atoms with E-state index in [2.05, 4.69) is 20.2 Å². The van der Waals surface area contributed by atoms with E-state index in [1.165, 1.54) is 5.01 Å². The first-order valence-corrected chi connectivity index (χ1v) is 8.70. The van der Waals surface area contributed by atoms with Gasteiger partial charge in [-0.05, 0) is 31.5 Å². The molecule has 3 heterocycles. The van der Waals surface area contributed by atoms with Gasteiger partial charge in [0.25, 0.3) is 0 Å². The van der Waals surface area contributed by atoms with E-state index in [1.54, 1.807) is 18.4 Å². The number of H-pyrrole nitrogens is 1. The van der Waals surface area contributed by atoms with Crippen LogP contribution in [0.5, 0.6) is 0 Å². The molecule has 5 N–H and O–H groups in total. The second-order valence-electron chi connectivity index (χ2n) is 5.81. The average molecular weight is 371 g/mol. The summed E-state index contributed by atoms with van der Waals surface area (Å²) in [6, 6.07) is 1.93. The van der Waals surface area contributed by atoms with E-state index in [1.807, 2.05) is 23.8 Å². The van der Waals surface area contributed by atoms with Crippen molar-refractivity contribution in [3.05, 3.63) is 45.4 Å². The number of nitrogens with zero attached hydrogens (tertiary/aromatic N) is 3. The first kappa shape index (κ1) is 20.0. The van der Waals surface area contributed by atoms with Gasteiger partial charge in [0.15, 0.2) is 0 Å². The van der Waals surface area contributed by atoms with E-state index < -0.39 is 0 Å². The fraction of sp³-hybridized carbons (Fsp3) is 0.438. The van der Waals surface area contributed by atoms with Crippen molar-refractivity contribution in [3.8, 4) is 0 Å². The molecule has 0 spiro atoms. The normalized spacial score (nSPS) is 17.2. The molecule has 0 bridgehead atoms. The number of hydrogen-bond donors (Lipinski definition) is 3. The summed E-state index contributed by atoms with van der Waals surface area (Å²) >= 11 is 1.71. The van der Waals surface area contributed by atoms with Crippen LogP contribution in [0.15, 0.2) is 29.5 Å². The number of rotatable bonds is 5.